The standard InChI is InChI=1S/C27H32N4O2/c1-33-25-12-10-24(11-13-25)27-29-17-23(18-30-27)20-31-15-5-8-22(19-31)16-28-26(32)14-9-21-6-3-2-4-7-21/h2-4,6-7,10-13,17-18,22H,5,8-9,14-16,19-20H2,1H3,(H,28,32)/t22-/m0/s1. The average Bonchev–Trinajstić information content (AvgIpc) is 2.88. The number of aryl methyl sites for hydroxylation is 1. The van der Waals surface area contributed by atoms with Crippen molar-refractivity contribution in [2.75, 3.05) is 26.7 Å². The highest BCUT2D eigenvalue weighted by Crippen LogP contribution is 2.21. The van der Waals surface area contributed by atoms with E-state index >= 15 is 0 Å². The van der Waals surface area contributed by atoms with E-state index in [1.807, 2.05) is 54.9 Å². The molecule has 3 aromatic rings. The van der Waals surface area contributed by atoms with Gasteiger partial charge < -0.3 is 10.1 Å². The number of aromatic nitrogens is 2. The molecule has 1 N–H and O–H groups in total. The third-order valence-corrected chi connectivity index (χ3v) is 6.13. The lowest BCUT2D eigenvalue weighted by molar-refractivity contribution is -0.121. The highest BCUT2D eigenvalue weighted by molar-refractivity contribution is 5.76. The van der Waals surface area contributed by atoms with Crippen molar-refractivity contribution in [1.29, 1.82) is 0 Å². The maximum Gasteiger partial charge on any atom is 0.220 e. The van der Waals surface area contributed by atoms with Crippen LogP contribution in [0.3, 0.4) is 0 Å². The summed E-state index contributed by atoms with van der Waals surface area (Å²) < 4.78 is 5.21. The van der Waals surface area contributed by atoms with Crippen LogP contribution in [-0.4, -0.2) is 47.5 Å². The van der Waals surface area contributed by atoms with Crippen molar-refractivity contribution in [3.05, 3.63) is 78.1 Å². The molecule has 0 saturated carbocycles. The molecule has 1 atom stereocenters. The molecule has 0 unspecified atom stereocenters. The summed E-state index contributed by atoms with van der Waals surface area (Å²) in [4.78, 5) is 23.8. The highest BCUT2D eigenvalue weighted by Gasteiger charge is 2.20. The third-order valence-electron chi connectivity index (χ3n) is 6.13. The molecule has 0 spiro atoms. The van der Waals surface area contributed by atoms with Crippen molar-refractivity contribution in [3.8, 4) is 17.1 Å². The Bertz CT molecular complexity index is 1010. The molecule has 4 rings (SSSR count). The number of amides is 1. The lowest BCUT2D eigenvalue weighted by atomic mass is 9.97. The zero-order valence-corrected chi connectivity index (χ0v) is 19.2. The van der Waals surface area contributed by atoms with Gasteiger partial charge in [-0.2, -0.15) is 0 Å². The molecule has 172 valence electrons. The largest absolute Gasteiger partial charge is 0.497 e. The first-order valence-electron chi connectivity index (χ1n) is 11.7. The molecule has 6 nitrogen and oxygen atoms in total. The quantitative estimate of drug-likeness (QED) is 0.538. The van der Waals surface area contributed by atoms with E-state index in [1.54, 1.807) is 7.11 Å². The Hall–Kier alpha value is -3.25. The zero-order valence-electron chi connectivity index (χ0n) is 19.2. The van der Waals surface area contributed by atoms with Crippen LogP contribution in [0.25, 0.3) is 11.4 Å². The van der Waals surface area contributed by atoms with Crippen molar-refractivity contribution in [2.24, 2.45) is 5.92 Å². The van der Waals surface area contributed by atoms with Gasteiger partial charge in [0.05, 0.1) is 7.11 Å². The fourth-order valence-electron chi connectivity index (χ4n) is 4.29. The van der Waals surface area contributed by atoms with E-state index in [0.717, 1.165) is 68.1 Å². The van der Waals surface area contributed by atoms with Crippen LogP contribution in [-0.2, 0) is 17.8 Å². The maximum atomic E-state index is 12.3. The van der Waals surface area contributed by atoms with Crippen molar-refractivity contribution >= 4 is 5.91 Å². The van der Waals surface area contributed by atoms with E-state index in [0.29, 0.717) is 12.3 Å². The number of hydrogen-bond acceptors (Lipinski definition) is 5. The number of carbonyl (C=O) groups excluding carboxylic acids is 1. The van der Waals surface area contributed by atoms with Gasteiger partial charge in [0.1, 0.15) is 5.75 Å². The number of rotatable bonds is 9. The first-order valence-corrected chi connectivity index (χ1v) is 11.7. The summed E-state index contributed by atoms with van der Waals surface area (Å²) in [5.74, 6) is 2.16. The molecule has 2 heterocycles. The Morgan fingerprint density at radius 1 is 1.06 bits per heavy atom. The molecule has 1 aromatic heterocycles. The summed E-state index contributed by atoms with van der Waals surface area (Å²) in [7, 11) is 1.66. The second-order valence-corrected chi connectivity index (χ2v) is 8.68. The van der Waals surface area contributed by atoms with Gasteiger partial charge in [0.15, 0.2) is 5.82 Å². The number of likely N-dealkylation sites (tertiary alicyclic amines) is 1. The number of methoxy groups -OCH3 is 1. The zero-order chi connectivity index (χ0) is 22.9. The van der Waals surface area contributed by atoms with Crippen LogP contribution < -0.4 is 10.1 Å². The van der Waals surface area contributed by atoms with Crippen LogP contribution >= 0.6 is 0 Å². The van der Waals surface area contributed by atoms with E-state index in [2.05, 4.69) is 32.3 Å². The third kappa shape index (κ3) is 6.86. The van der Waals surface area contributed by atoms with Crippen molar-refractivity contribution in [2.45, 2.75) is 32.2 Å². The molecule has 2 aromatic carbocycles. The SMILES string of the molecule is COc1ccc(-c2ncc(CN3CCC[C@@H](CNC(=O)CCc4ccccc4)C3)cn2)cc1. The highest BCUT2D eigenvalue weighted by atomic mass is 16.5. The Labute approximate surface area is 196 Å². The Kier molecular flexibility index (Phi) is 8.04. The van der Waals surface area contributed by atoms with Gasteiger partial charge in [-0.1, -0.05) is 30.3 Å². The Morgan fingerprint density at radius 3 is 2.55 bits per heavy atom. The monoisotopic (exact) mass is 444 g/mol. The van der Waals surface area contributed by atoms with Gasteiger partial charge in [-0.15, -0.1) is 0 Å². The second kappa shape index (κ2) is 11.6. The molecule has 1 saturated heterocycles. The summed E-state index contributed by atoms with van der Waals surface area (Å²) in [5, 5.41) is 3.14. The normalized spacial score (nSPS) is 16.3. The van der Waals surface area contributed by atoms with Crippen LogP contribution in [0, 0.1) is 5.92 Å². The van der Waals surface area contributed by atoms with Gasteiger partial charge in [0, 0.05) is 49.6 Å². The minimum absolute atomic E-state index is 0.137. The Morgan fingerprint density at radius 2 is 1.82 bits per heavy atom. The fraction of sp³-hybridized carbons (Fsp3) is 0.370. The topological polar surface area (TPSA) is 67.3 Å². The summed E-state index contributed by atoms with van der Waals surface area (Å²) >= 11 is 0. The summed E-state index contributed by atoms with van der Waals surface area (Å²) in [6, 6.07) is 17.9. The number of ether oxygens (including phenoxy) is 1. The van der Waals surface area contributed by atoms with Crippen molar-refractivity contribution in [1.82, 2.24) is 20.2 Å². The lowest BCUT2D eigenvalue weighted by Crippen LogP contribution is -2.40. The molecular formula is C27H32N4O2. The molecule has 0 aliphatic carbocycles. The molecule has 1 aliphatic rings. The molecule has 33 heavy (non-hydrogen) atoms. The smallest absolute Gasteiger partial charge is 0.220 e. The van der Waals surface area contributed by atoms with Gasteiger partial charge in [-0.05, 0) is 61.6 Å². The van der Waals surface area contributed by atoms with Crippen molar-refractivity contribution < 1.29 is 9.53 Å². The van der Waals surface area contributed by atoms with Crippen LogP contribution in [0.4, 0.5) is 0 Å². The molecule has 0 bridgehead atoms. The van der Waals surface area contributed by atoms with Gasteiger partial charge >= 0.3 is 0 Å². The van der Waals surface area contributed by atoms with Crippen LogP contribution in [0.15, 0.2) is 67.0 Å². The van der Waals surface area contributed by atoms with E-state index in [9.17, 15) is 4.79 Å². The molecule has 1 aliphatic heterocycles. The summed E-state index contributed by atoms with van der Waals surface area (Å²) in [6.07, 6.45) is 7.47. The maximum absolute atomic E-state index is 12.3. The molecular weight excluding hydrogens is 412 g/mol. The number of hydrogen-bond donors (Lipinski definition) is 1. The second-order valence-electron chi connectivity index (χ2n) is 8.68. The van der Waals surface area contributed by atoms with E-state index in [4.69, 9.17) is 4.74 Å². The van der Waals surface area contributed by atoms with Gasteiger partial charge in [-0.3, -0.25) is 9.69 Å². The van der Waals surface area contributed by atoms with Crippen LogP contribution in [0.2, 0.25) is 0 Å². The van der Waals surface area contributed by atoms with Gasteiger partial charge in [-0.25, -0.2) is 9.97 Å². The Balaban J connectivity index is 1.22. The molecule has 1 amide bonds. The lowest BCUT2D eigenvalue weighted by Gasteiger charge is -2.32. The molecule has 1 fully saturated rings. The minimum atomic E-state index is 0.137. The van der Waals surface area contributed by atoms with Crippen LogP contribution in [0.1, 0.15) is 30.4 Å². The minimum Gasteiger partial charge on any atom is -0.497 e. The van der Waals surface area contributed by atoms with E-state index < -0.39 is 0 Å². The van der Waals surface area contributed by atoms with E-state index in [1.165, 1.54) is 5.56 Å². The number of carbonyl (C=O) groups is 1. The average molecular weight is 445 g/mol. The predicted molar refractivity (Wildman–Crippen MR) is 130 cm³/mol. The van der Waals surface area contributed by atoms with Gasteiger partial charge in [0.2, 0.25) is 5.91 Å². The summed E-state index contributed by atoms with van der Waals surface area (Å²) in [5.41, 5.74) is 3.29. The first kappa shape index (κ1) is 22.9. The number of nitrogens with zero attached hydrogens (tertiary/aromatic N) is 3. The van der Waals surface area contributed by atoms with Crippen LogP contribution in [0.5, 0.6) is 5.75 Å². The van der Waals surface area contributed by atoms with Crippen molar-refractivity contribution in [3.63, 3.8) is 0 Å². The van der Waals surface area contributed by atoms with E-state index in [-0.39, 0.29) is 5.91 Å². The van der Waals surface area contributed by atoms with Gasteiger partial charge in [0.25, 0.3) is 0 Å². The molecule has 0 radical (unpaired) electrons. The summed E-state index contributed by atoms with van der Waals surface area (Å²) in [6.45, 7) is 3.64. The number of nitrogens with one attached hydrogen (secondary N) is 1. The molecule has 6 heteroatoms. The number of benzene rings is 2. The fourth-order valence-corrected chi connectivity index (χ4v) is 4.29. The predicted octanol–water partition coefficient (Wildman–Crippen LogP) is 4.11. The number of piperidine rings is 1. The first-order chi connectivity index (χ1) is 16.2.